The van der Waals surface area contributed by atoms with Crippen molar-refractivity contribution >= 4 is 26.7 Å². The van der Waals surface area contributed by atoms with E-state index in [1.807, 2.05) is 6.92 Å². The fourth-order valence-corrected chi connectivity index (χ4v) is 2.85. The van der Waals surface area contributed by atoms with Crippen LogP contribution in [0.15, 0.2) is 30.6 Å². The maximum Gasteiger partial charge on any atom is 0.232 e. The number of hydrogen-bond donors (Lipinski definition) is 1. The normalized spacial score (nSPS) is 11.6. The molecule has 0 amide bonds. The highest BCUT2D eigenvalue weighted by Gasteiger charge is 2.09. The topological polar surface area (TPSA) is 72.0 Å². The molecule has 0 radical (unpaired) electrons. The predicted octanol–water partition coefficient (Wildman–Crippen LogP) is 2.17. The summed E-state index contributed by atoms with van der Waals surface area (Å²) in [5.41, 5.74) is 1.95. The second-order valence-corrected chi connectivity index (χ2v) is 5.88. The highest BCUT2D eigenvalue weighted by molar-refractivity contribution is 7.92. The highest BCUT2D eigenvalue weighted by Crippen LogP contribution is 2.16. The van der Waals surface area contributed by atoms with E-state index in [1.54, 1.807) is 30.6 Å². The molecule has 1 N–H and O–H groups in total. The highest BCUT2D eigenvalue weighted by atomic mass is 32.2. The van der Waals surface area contributed by atoms with Gasteiger partial charge in [-0.3, -0.25) is 14.7 Å². The van der Waals surface area contributed by atoms with Crippen molar-refractivity contribution in [3.63, 3.8) is 0 Å². The molecule has 2 rings (SSSR count). The zero-order valence-electron chi connectivity index (χ0n) is 10.1. The molecule has 0 aliphatic carbocycles. The van der Waals surface area contributed by atoms with Gasteiger partial charge in [-0.25, -0.2) is 8.42 Å². The van der Waals surface area contributed by atoms with Gasteiger partial charge in [0.1, 0.15) is 0 Å². The molecular weight excluding hydrogens is 250 g/mol. The van der Waals surface area contributed by atoms with E-state index in [4.69, 9.17) is 0 Å². The monoisotopic (exact) mass is 265 g/mol. The predicted molar refractivity (Wildman–Crippen MR) is 71.9 cm³/mol. The van der Waals surface area contributed by atoms with Gasteiger partial charge in [0.2, 0.25) is 10.0 Å². The number of sulfonamides is 1. The van der Waals surface area contributed by atoms with Crippen LogP contribution in [0.2, 0.25) is 0 Å². The summed E-state index contributed by atoms with van der Waals surface area (Å²) in [6, 6.07) is 5.13. The van der Waals surface area contributed by atoms with Crippen LogP contribution in [-0.4, -0.2) is 24.1 Å². The number of rotatable bonds is 5. The standard InChI is InChI=1S/C12H15N3O2S/c1-2-3-8-18(16,17)15-10-4-5-11-12(9-10)14-7-6-13-11/h4-7,9,15H,2-3,8H2,1H3. The van der Waals surface area contributed by atoms with Gasteiger partial charge in [0.25, 0.3) is 0 Å². The lowest BCUT2D eigenvalue weighted by atomic mass is 10.3. The molecule has 2 aromatic rings. The van der Waals surface area contributed by atoms with Crippen molar-refractivity contribution in [2.24, 2.45) is 0 Å². The zero-order chi connectivity index (χ0) is 13.0. The Labute approximate surface area is 106 Å². The number of nitrogens with one attached hydrogen (secondary N) is 1. The second kappa shape index (κ2) is 5.30. The Balaban J connectivity index is 2.22. The summed E-state index contributed by atoms with van der Waals surface area (Å²) in [6.45, 7) is 1.96. The molecule has 0 atom stereocenters. The van der Waals surface area contributed by atoms with E-state index < -0.39 is 10.0 Å². The SMILES string of the molecule is CCCCS(=O)(=O)Nc1ccc2nccnc2c1. The molecule has 0 spiro atoms. The van der Waals surface area contributed by atoms with Crippen molar-refractivity contribution in [3.8, 4) is 0 Å². The summed E-state index contributed by atoms with van der Waals surface area (Å²) in [4.78, 5) is 8.27. The minimum Gasteiger partial charge on any atom is -0.283 e. The van der Waals surface area contributed by atoms with Crippen LogP contribution in [0.4, 0.5) is 5.69 Å². The fourth-order valence-electron chi connectivity index (χ4n) is 1.59. The third-order valence-electron chi connectivity index (χ3n) is 2.51. The quantitative estimate of drug-likeness (QED) is 0.899. The molecule has 1 aromatic heterocycles. The van der Waals surface area contributed by atoms with E-state index in [1.165, 1.54) is 0 Å². The first-order valence-corrected chi connectivity index (χ1v) is 7.47. The van der Waals surface area contributed by atoms with Crippen LogP contribution in [0.5, 0.6) is 0 Å². The lowest BCUT2D eigenvalue weighted by molar-refractivity contribution is 0.598. The first-order chi connectivity index (χ1) is 8.61. The molecule has 1 aromatic carbocycles. The number of benzene rings is 1. The summed E-state index contributed by atoms with van der Waals surface area (Å²) in [5.74, 6) is 0.141. The first-order valence-electron chi connectivity index (χ1n) is 5.82. The largest absolute Gasteiger partial charge is 0.283 e. The van der Waals surface area contributed by atoms with Crippen LogP contribution in [0.1, 0.15) is 19.8 Å². The molecule has 5 nitrogen and oxygen atoms in total. The summed E-state index contributed by atoms with van der Waals surface area (Å²) in [5, 5.41) is 0. The van der Waals surface area contributed by atoms with E-state index in [2.05, 4.69) is 14.7 Å². The molecule has 6 heteroatoms. The summed E-state index contributed by atoms with van der Waals surface area (Å²) in [7, 11) is -3.26. The molecule has 0 fully saturated rings. The average molecular weight is 265 g/mol. The molecule has 1 heterocycles. The van der Waals surface area contributed by atoms with Crippen molar-refractivity contribution in [1.82, 2.24) is 9.97 Å². The van der Waals surface area contributed by atoms with Crippen molar-refractivity contribution in [2.45, 2.75) is 19.8 Å². The second-order valence-electron chi connectivity index (χ2n) is 4.03. The maximum atomic E-state index is 11.7. The Kier molecular flexibility index (Phi) is 3.76. The Hall–Kier alpha value is -1.69. The molecule has 0 unspecified atom stereocenters. The van der Waals surface area contributed by atoms with Crippen LogP contribution in [0.25, 0.3) is 11.0 Å². The van der Waals surface area contributed by atoms with Gasteiger partial charge in [0.05, 0.1) is 22.5 Å². The van der Waals surface area contributed by atoms with Gasteiger partial charge in [-0.1, -0.05) is 13.3 Å². The van der Waals surface area contributed by atoms with Gasteiger partial charge in [-0.15, -0.1) is 0 Å². The average Bonchev–Trinajstić information content (AvgIpc) is 2.36. The van der Waals surface area contributed by atoms with Gasteiger partial charge >= 0.3 is 0 Å². The first kappa shape index (κ1) is 12.8. The third-order valence-corrected chi connectivity index (χ3v) is 3.88. The van der Waals surface area contributed by atoms with Gasteiger partial charge in [0, 0.05) is 12.4 Å². The fraction of sp³-hybridized carbons (Fsp3) is 0.333. The maximum absolute atomic E-state index is 11.7. The number of unbranched alkanes of at least 4 members (excludes halogenated alkanes) is 1. The van der Waals surface area contributed by atoms with Crippen LogP contribution in [-0.2, 0) is 10.0 Å². The van der Waals surface area contributed by atoms with Crippen molar-refractivity contribution in [1.29, 1.82) is 0 Å². The third kappa shape index (κ3) is 3.16. The molecule has 0 saturated heterocycles. The summed E-state index contributed by atoms with van der Waals surface area (Å²) in [6.07, 6.45) is 4.69. The molecule has 0 saturated carbocycles. The van der Waals surface area contributed by atoms with Gasteiger partial charge in [-0.2, -0.15) is 0 Å². The Morgan fingerprint density at radius 3 is 2.61 bits per heavy atom. The zero-order valence-corrected chi connectivity index (χ0v) is 10.9. The minimum atomic E-state index is -3.26. The Morgan fingerprint density at radius 1 is 1.17 bits per heavy atom. The lowest BCUT2D eigenvalue weighted by Crippen LogP contribution is -2.16. The minimum absolute atomic E-state index is 0.141. The smallest absolute Gasteiger partial charge is 0.232 e. The molecular formula is C12H15N3O2S. The van der Waals surface area contributed by atoms with Gasteiger partial charge < -0.3 is 0 Å². The summed E-state index contributed by atoms with van der Waals surface area (Å²) >= 11 is 0. The number of aromatic nitrogens is 2. The molecule has 0 aliphatic rings. The molecule has 96 valence electrons. The molecule has 18 heavy (non-hydrogen) atoms. The van der Waals surface area contributed by atoms with Crippen LogP contribution in [0.3, 0.4) is 0 Å². The number of anilines is 1. The van der Waals surface area contributed by atoms with Crippen LogP contribution >= 0.6 is 0 Å². The number of nitrogens with zero attached hydrogens (tertiary/aromatic N) is 2. The van der Waals surface area contributed by atoms with Gasteiger partial charge in [-0.05, 0) is 24.6 Å². The van der Waals surface area contributed by atoms with Crippen LogP contribution in [0, 0.1) is 0 Å². The number of hydrogen-bond acceptors (Lipinski definition) is 4. The molecule has 0 aliphatic heterocycles. The summed E-state index contributed by atoms with van der Waals surface area (Å²) < 4.78 is 26.0. The van der Waals surface area contributed by atoms with E-state index in [0.717, 1.165) is 11.9 Å². The van der Waals surface area contributed by atoms with Crippen molar-refractivity contribution in [2.75, 3.05) is 10.5 Å². The van der Waals surface area contributed by atoms with E-state index in [-0.39, 0.29) is 5.75 Å². The van der Waals surface area contributed by atoms with E-state index >= 15 is 0 Å². The Bertz CT molecular complexity index is 641. The van der Waals surface area contributed by atoms with Gasteiger partial charge in [0.15, 0.2) is 0 Å². The van der Waals surface area contributed by atoms with E-state index in [9.17, 15) is 8.42 Å². The Morgan fingerprint density at radius 2 is 1.89 bits per heavy atom. The van der Waals surface area contributed by atoms with Crippen molar-refractivity contribution in [3.05, 3.63) is 30.6 Å². The molecule has 0 bridgehead atoms. The van der Waals surface area contributed by atoms with E-state index in [0.29, 0.717) is 17.6 Å². The number of fused-ring (bicyclic) bond motifs is 1. The van der Waals surface area contributed by atoms with Crippen LogP contribution < -0.4 is 4.72 Å². The lowest BCUT2D eigenvalue weighted by Gasteiger charge is -2.07. The van der Waals surface area contributed by atoms with Crippen molar-refractivity contribution < 1.29 is 8.42 Å².